The molecule has 1 heterocycles. The first-order valence-corrected chi connectivity index (χ1v) is 7.07. The largest absolute Gasteiger partial charge is 0.304 e. The van der Waals surface area contributed by atoms with Crippen LogP contribution in [0.3, 0.4) is 0 Å². The third-order valence-corrected chi connectivity index (χ3v) is 4.01. The van der Waals surface area contributed by atoms with Gasteiger partial charge in [-0.1, -0.05) is 23.7 Å². The van der Waals surface area contributed by atoms with Gasteiger partial charge in [-0.05, 0) is 31.8 Å². The summed E-state index contributed by atoms with van der Waals surface area (Å²) in [5, 5.41) is 0.713. The number of piperazine rings is 1. The number of hydrogen-bond acceptors (Lipinski definition) is 3. The first-order chi connectivity index (χ1) is 9.04. The van der Waals surface area contributed by atoms with E-state index in [0.29, 0.717) is 29.7 Å². The van der Waals surface area contributed by atoms with Gasteiger partial charge in [-0.2, -0.15) is 0 Å². The maximum absolute atomic E-state index is 12.1. The summed E-state index contributed by atoms with van der Waals surface area (Å²) in [6.45, 7) is 3.09. The number of carbonyl (C=O) groups is 1. The van der Waals surface area contributed by atoms with Gasteiger partial charge in [-0.15, -0.1) is 0 Å². The first-order valence-electron chi connectivity index (χ1n) is 6.69. The molecule has 0 saturated carbocycles. The highest BCUT2D eigenvalue weighted by molar-refractivity contribution is 6.30. The summed E-state index contributed by atoms with van der Waals surface area (Å²) in [7, 11) is 4.22. The first kappa shape index (κ1) is 14.5. The molecule has 0 amide bonds. The molecule has 1 fully saturated rings. The van der Waals surface area contributed by atoms with E-state index in [-0.39, 0.29) is 0 Å². The molecular formula is C15H21ClN2O. The van der Waals surface area contributed by atoms with E-state index in [9.17, 15) is 4.79 Å². The van der Waals surface area contributed by atoms with Gasteiger partial charge in [-0.3, -0.25) is 4.79 Å². The van der Waals surface area contributed by atoms with Gasteiger partial charge in [-0.25, -0.2) is 0 Å². The second-order valence-corrected chi connectivity index (χ2v) is 5.88. The van der Waals surface area contributed by atoms with E-state index >= 15 is 0 Å². The van der Waals surface area contributed by atoms with E-state index in [1.165, 1.54) is 0 Å². The minimum Gasteiger partial charge on any atom is -0.304 e. The number of Topliss-reactive ketones (excluding diaryl/α,β-unsaturated/α-hetero) is 1. The molecule has 1 unspecified atom stereocenters. The zero-order chi connectivity index (χ0) is 13.8. The molecule has 0 spiro atoms. The zero-order valence-corrected chi connectivity index (χ0v) is 12.4. The van der Waals surface area contributed by atoms with Crippen LogP contribution in [0.5, 0.6) is 0 Å². The van der Waals surface area contributed by atoms with E-state index < -0.39 is 0 Å². The average Bonchev–Trinajstić information content (AvgIpc) is 2.37. The molecule has 4 heteroatoms. The molecule has 104 valence electrons. The number of carbonyl (C=O) groups excluding carboxylic acids is 1. The second kappa shape index (κ2) is 6.51. The van der Waals surface area contributed by atoms with Crippen LogP contribution in [0, 0.1) is 0 Å². The maximum atomic E-state index is 12.1. The van der Waals surface area contributed by atoms with Gasteiger partial charge in [0.25, 0.3) is 0 Å². The molecule has 3 nitrogen and oxygen atoms in total. The predicted molar refractivity (Wildman–Crippen MR) is 78.7 cm³/mol. The summed E-state index contributed by atoms with van der Waals surface area (Å²) in [5.74, 6) is 0.300. The number of likely N-dealkylation sites (N-methyl/N-ethyl adjacent to an activating group) is 2. The SMILES string of the molecule is CN1CCN(C)C(CC(=O)Cc2ccc(Cl)cc2)C1. The van der Waals surface area contributed by atoms with Crippen molar-refractivity contribution in [1.82, 2.24) is 9.80 Å². The molecule has 0 bridgehead atoms. The molecule has 1 aliphatic rings. The number of benzene rings is 1. The van der Waals surface area contributed by atoms with Crippen LogP contribution in [0.15, 0.2) is 24.3 Å². The monoisotopic (exact) mass is 280 g/mol. The van der Waals surface area contributed by atoms with Gasteiger partial charge in [0.2, 0.25) is 0 Å². The van der Waals surface area contributed by atoms with Crippen molar-refractivity contribution in [2.45, 2.75) is 18.9 Å². The number of rotatable bonds is 4. The highest BCUT2D eigenvalue weighted by Gasteiger charge is 2.24. The molecule has 2 rings (SSSR count). The van der Waals surface area contributed by atoms with Gasteiger partial charge in [0, 0.05) is 43.5 Å². The number of hydrogen-bond donors (Lipinski definition) is 0. The lowest BCUT2D eigenvalue weighted by Crippen LogP contribution is -2.50. The van der Waals surface area contributed by atoms with Crippen LogP contribution in [0.25, 0.3) is 0 Å². The van der Waals surface area contributed by atoms with Crippen LogP contribution in [0.4, 0.5) is 0 Å². The fourth-order valence-electron chi connectivity index (χ4n) is 2.49. The third kappa shape index (κ3) is 4.30. The van der Waals surface area contributed by atoms with Crippen molar-refractivity contribution in [3.05, 3.63) is 34.9 Å². The van der Waals surface area contributed by atoms with Crippen molar-refractivity contribution < 1.29 is 4.79 Å². The molecule has 0 aromatic heterocycles. The maximum Gasteiger partial charge on any atom is 0.138 e. The lowest BCUT2D eigenvalue weighted by molar-refractivity contribution is -0.120. The molecule has 0 radical (unpaired) electrons. The Morgan fingerprint density at radius 3 is 2.63 bits per heavy atom. The normalized spacial score (nSPS) is 21.5. The van der Waals surface area contributed by atoms with Crippen LogP contribution in [0.1, 0.15) is 12.0 Å². The topological polar surface area (TPSA) is 23.6 Å². The fraction of sp³-hybridized carbons (Fsp3) is 0.533. The van der Waals surface area contributed by atoms with Crippen LogP contribution < -0.4 is 0 Å². The van der Waals surface area contributed by atoms with Gasteiger partial charge >= 0.3 is 0 Å². The minimum atomic E-state index is 0.300. The zero-order valence-electron chi connectivity index (χ0n) is 11.6. The lowest BCUT2D eigenvalue weighted by atomic mass is 10.0. The molecule has 1 saturated heterocycles. The lowest BCUT2D eigenvalue weighted by Gasteiger charge is -2.37. The number of ketones is 1. The average molecular weight is 281 g/mol. The van der Waals surface area contributed by atoms with Crippen molar-refractivity contribution in [3.8, 4) is 0 Å². The van der Waals surface area contributed by atoms with Crippen LogP contribution in [-0.4, -0.2) is 55.4 Å². The van der Waals surface area contributed by atoms with Crippen molar-refractivity contribution >= 4 is 17.4 Å². The molecule has 1 aromatic rings. The quantitative estimate of drug-likeness (QED) is 0.844. The number of nitrogens with zero attached hydrogens (tertiary/aromatic N) is 2. The van der Waals surface area contributed by atoms with E-state index in [1.807, 2.05) is 24.3 Å². The Morgan fingerprint density at radius 1 is 1.26 bits per heavy atom. The Bertz CT molecular complexity index is 432. The van der Waals surface area contributed by atoms with E-state index in [4.69, 9.17) is 11.6 Å². The Labute approximate surface area is 120 Å². The Balaban J connectivity index is 1.88. The van der Waals surface area contributed by atoms with Gasteiger partial charge < -0.3 is 9.80 Å². The van der Waals surface area contributed by atoms with Gasteiger partial charge in [0.05, 0.1) is 0 Å². The second-order valence-electron chi connectivity index (χ2n) is 5.44. The fourth-order valence-corrected chi connectivity index (χ4v) is 2.61. The molecular weight excluding hydrogens is 260 g/mol. The molecule has 1 aliphatic heterocycles. The Hall–Kier alpha value is -0.900. The highest BCUT2D eigenvalue weighted by Crippen LogP contribution is 2.14. The molecule has 19 heavy (non-hydrogen) atoms. The van der Waals surface area contributed by atoms with Gasteiger partial charge in [0.1, 0.15) is 5.78 Å². The summed E-state index contributed by atoms with van der Waals surface area (Å²) in [5.41, 5.74) is 1.04. The molecule has 0 N–H and O–H groups in total. The van der Waals surface area contributed by atoms with Crippen molar-refractivity contribution in [3.63, 3.8) is 0 Å². The van der Waals surface area contributed by atoms with Crippen LogP contribution in [0.2, 0.25) is 5.02 Å². The summed E-state index contributed by atoms with van der Waals surface area (Å²) in [4.78, 5) is 16.7. The van der Waals surface area contributed by atoms with Crippen molar-refractivity contribution in [2.24, 2.45) is 0 Å². The van der Waals surface area contributed by atoms with E-state index in [2.05, 4.69) is 23.9 Å². The predicted octanol–water partition coefficient (Wildman–Crippen LogP) is 2.09. The Morgan fingerprint density at radius 2 is 1.95 bits per heavy atom. The summed E-state index contributed by atoms with van der Waals surface area (Å²) < 4.78 is 0. The Kier molecular flexibility index (Phi) is 4.97. The molecule has 1 atom stereocenters. The summed E-state index contributed by atoms with van der Waals surface area (Å²) in [6, 6.07) is 7.88. The standard InChI is InChI=1S/C15H21ClN2O/c1-17-7-8-18(2)14(11-17)10-15(19)9-12-3-5-13(16)6-4-12/h3-6,14H,7-11H2,1-2H3. The molecule has 0 aliphatic carbocycles. The van der Waals surface area contributed by atoms with Crippen molar-refractivity contribution in [1.29, 1.82) is 0 Å². The number of halogens is 1. The smallest absolute Gasteiger partial charge is 0.138 e. The molecule has 1 aromatic carbocycles. The van der Waals surface area contributed by atoms with Crippen LogP contribution in [-0.2, 0) is 11.2 Å². The summed E-state index contributed by atoms with van der Waals surface area (Å²) in [6.07, 6.45) is 1.13. The third-order valence-electron chi connectivity index (χ3n) is 3.76. The van der Waals surface area contributed by atoms with E-state index in [1.54, 1.807) is 0 Å². The van der Waals surface area contributed by atoms with E-state index in [0.717, 1.165) is 25.2 Å². The van der Waals surface area contributed by atoms with Gasteiger partial charge in [0.15, 0.2) is 0 Å². The highest BCUT2D eigenvalue weighted by atomic mass is 35.5. The van der Waals surface area contributed by atoms with Crippen LogP contribution >= 0.6 is 11.6 Å². The van der Waals surface area contributed by atoms with Crippen molar-refractivity contribution in [2.75, 3.05) is 33.7 Å². The minimum absolute atomic E-state index is 0.300. The summed E-state index contributed by atoms with van der Waals surface area (Å²) >= 11 is 5.84.